The van der Waals surface area contributed by atoms with Gasteiger partial charge in [-0.3, -0.25) is 4.79 Å². The van der Waals surface area contributed by atoms with Crippen LogP contribution in [0.3, 0.4) is 0 Å². The van der Waals surface area contributed by atoms with Crippen molar-refractivity contribution in [2.45, 2.75) is 32.9 Å². The smallest absolute Gasteiger partial charge is 0.335 e. The highest BCUT2D eigenvalue weighted by Crippen LogP contribution is 2.23. The van der Waals surface area contributed by atoms with Gasteiger partial charge in [0.2, 0.25) is 5.91 Å². The lowest BCUT2D eigenvalue weighted by Crippen LogP contribution is -2.42. The minimum atomic E-state index is -1.04. The molecule has 30 heavy (non-hydrogen) atoms. The molecule has 3 rings (SSSR count). The molecule has 0 saturated heterocycles. The van der Waals surface area contributed by atoms with Crippen molar-refractivity contribution in [1.82, 2.24) is 9.88 Å². The number of aromatic nitrogens is 1. The van der Waals surface area contributed by atoms with E-state index in [0.29, 0.717) is 0 Å². The molecular weight excluding hydrogens is 384 g/mol. The summed E-state index contributed by atoms with van der Waals surface area (Å²) in [4.78, 5) is 40.6. The molecule has 2 N–H and O–H groups in total. The number of amides is 1. The molecule has 1 amide bonds. The number of pyridine rings is 1. The van der Waals surface area contributed by atoms with Crippen LogP contribution in [0.15, 0.2) is 54.6 Å². The molecule has 154 valence electrons. The van der Waals surface area contributed by atoms with Gasteiger partial charge in [0.15, 0.2) is 0 Å². The van der Waals surface area contributed by atoms with E-state index in [1.54, 1.807) is 19.1 Å². The molecule has 3 aromatic rings. The fraction of sp³-hybridized carbons (Fsp3) is 0.217. The summed E-state index contributed by atoms with van der Waals surface area (Å²) in [5, 5.41) is 19.2. The van der Waals surface area contributed by atoms with Crippen LogP contribution < -0.4 is 0 Å². The normalized spacial score (nSPS) is 11.8. The number of rotatable bonds is 7. The van der Waals surface area contributed by atoms with Gasteiger partial charge in [0.25, 0.3) is 0 Å². The SMILES string of the molecule is CCC(=O)N(Cc1ccc2nc(-c3ccc(C(=O)O)cc3)ccc2c1)C(C)C(=O)O. The third-order valence-electron chi connectivity index (χ3n) is 4.98. The van der Waals surface area contributed by atoms with E-state index in [4.69, 9.17) is 5.11 Å². The molecule has 0 aliphatic rings. The summed E-state index contributed by atoms with van der Waals surface area (Å²) >= 11 is 0. The van der Waals surface area contributed by atoms with Crippen LogP contribution in [0.25, 0.3) is 22.2 Å². The summed E-state index contributed by atoms with van der Waals surface area (Å²) < 4.78 is 0. The minimum Gasteiger partial charge on any atom is -0.480 e. The van der Waals surface area contributed by atoms with Gasteiger partial charge in [0.1, 0.15) is 6.04 Å². The first-order valence-electron chi connectivity index (χ1n) is 9.56. The maximum Gasteiger partial charge on any atom is 0.335 e. The second-order valence-electron chi connectivity index (χ2n) is 7.00. The third-order valence-corrected chi connectivity index (χ3v) is 4.98. The fourth-order valence-corrected chi connectivity index (χ4v) is 3.19. The Hall–Kier alpha value is -3.74. The summed E-state index contributed by atoms with van der Waals surface area (Å²) in [6.07, 6.45) is 0.233. The molecule has 0 bridgehead atoms. The lowest BCUT2D eigenvalue weighted by molar-refractivity contribution is -0.149. The van der Waals surface area contributed by atoms with Crippen molar-refractivity contribution in [2.75, 3.05) is 0 Å². The molecule has 0 aliphatic heterocycles. The number of hydrogen-bond acceptors (Lipinski definition) is 4. The number of carbonyl (C=O) groups excluding carboxylic acids is 1. The molecule has 2 aromatic carbocycles. The number of aliphatic carboxylic acids is 1. The summed E-state index contributed by atoms with van der Waals surface area (Å²) in [5.41, 5.74) is 3.30. The Kier molecular flexibility index (Phi) is 6.11. The molecule has 0 saturated carbocycles. The van der Waals surface area contributed by atoms with Crippen molar-refractivity contribution >= 4 is 28.7 Å². The van der Waals surface area contributed by atoms with Gasteiger partial charge in [-0.2, -0.15) is 0 Å². The first-order valence-corrected chi connectivity index (χ1v) is 9.56. The lowest BCUT2D eigenvalue weighted by Gasteiger charge is -2.26. The molecule has 1 atom stereocenters. The molecule has 1 heterocycles. The van der Waals surface area contributed by atoms with Crippen LogP contribution in [0.1, 0.15) is 36.2 Å². The van der Waals surface area contributed by atoms with Crippen molar-refractivity contribution in [3.8, 4) is 11.3 Å². The summed E-state index contributed by atoms with van der Waals surface area (Å²) in [6, 6.07) is 14.9. The van der Waals surface area contributed by atoms with Crippen LogP contribution in [0.4, 0.5) is 0 Å². The van der Waals surface area contributed by atoms with Crippen LogP contribution in [0.2, 0.25) is 0 Å². The fourth-order valence-electron chi connectivity index (χ4n) is 3.19. The topological polar surface area (TPSA) is 108 Å². The number of fused-ring (bicyclic) bond motifs is 1. The predicted molar refractivity (Wildman–Crippen MR) is 112 cm³/mol. The van der Waals surface area contributed by atoms with E-state index >= 15 is 0 Å². The summed E-state index contributed by atoms with van der Waals surface area (Å²) in [6.45, 7) is 3.41. The number of carboxylic acids is 2. The number of nitrogens with zero attached hydrogens (tertiary/aromatic N) is 2. The monoisotopic (exact) mass is 406 g/mol. The van der Waals surface area contributed by atoms with E-state index in [1.165, 1.54) is 24.0 Å². The van der Waals surface area contributed by atoms with Gasteiger partial charge in [-0.05, 0) is 42.8 Å². The van der Waals surface area contributed by atoms with E-state index < -0.39 is 18.0 Å². The molecule has 0 fully saturated rings. The Morgan fingerprint density at radius 3 is 2.30 bits per heavy atom. The lowest BCUT2D eigenvalue weighted by atomic mass is 10.1. The van der Waals surface area contributed by atoms with Gasteiger partial charge in [-0.15, -0.1) is 0 Å². The Morgan fingerprint density at radius 1 is 1.00 bits per heavy atom. The predicted octanol–water partition coefficient (Wildman–Crippen LogP) is 3.81. The second kappa shape index (κ2) is 8.73. The highest BCUT2D eigenvalue weighted by molar-refractivity contribution is 5.88. The molecule has 1 aromatic heterocycles. The van der Waals surface area contributed by atoms with Crippen LogP contribution in [-0.2, 0) is 16.1 Å². The standard InChI is InChI=1S/C23H22N2O5/c1-3-21(26)25(14(2)22(27)28)13-15-4-10-20-18(12-15)9-11-19(24-20)16-5-7-17(8-6-16)23(29)30/h4-12,14H,3,13H2,1-2H3,(H,27,28)(H,29,30). The van der Waals surface area contributed by atoms with E-state index in [-0.39, 0.29) is 24.4 Å². The molecule has 7 heteroatoms. The van der Waals surface area contributed by atoms with Crippen molar-refractivity contribution < 1.29 is 24.6 Å². The average Bonchev–Trinajstić information content (AvgIpc) is 2.76. The number of benzene rings is 2. The number of carbonyl (C=O) groups is 3. The van der Waals surface area contributed by atoms with Crippen molar-refractivity contribution in [3.05, 3.63) is 65.7 Å². The molecule has 0 aliphatic carbocycles. The Bertz CT molecular complexity index is 1110. The molecule has 0 radical (unpaired) electrons. The van der Waals surface area contributed by atoms with Crippen LogP contribution in [0, 0.1) is 0 Å². The van der Waals surface area contributed by atoms with Gasteiger partial charge >= 0.3 is 11.9 Å². The maximum atomic E-state index is 12.2. The highest BCUT2D eigenvalue weighted by Gasteiger charge is 2.24. The largest absolute Gasteiger partial charge is 0.480 e. The zero-order valence-corrected chi connectivity index (χ0v) is 16.7. The van der Waals surface area contributed by atoms with Gasteiger partial charge in [0, 0.05) is 23.9 Å². The maximum absolute atomic E-state index is 12.2. The summed E-state index contributed by atoms with van der Waals surface area (Å²) in [7, 11) is 0. The number of hydrogen-bond donors (Lipinski definition) is 2. The molecular formula is C23H22N2O5. The second-order valence-corrected chi connectivity index (χ2v) is 7.00. The van der Waals surface area contributed by atoms with E-state index in [0.717, 1.165) is 27.7 Å². The van der Waals surface area contributed by atoms with E-state index in [9.17, 15) is 19.5 Å². The first kappa shape index (κ1) is 21.0. The highest BCUT2D eigenvalue weighted by atomic mass is 16.4. The molecule has 7 nitrogen and oxygen atoms in total. The van der Waals surface area contributed by atoms with Gasteiger partial charge in [-0.25, -0.2) is 14.6 Å². The van der Waals surface area contributed by atoms with Crippen LogP contribution in [-0.4, -0.2) is 44.0 Å². The average molecular weight is 406 g/mol. The van der Waals surface area contributed by atoms with Gasteiger partial charge < -0.3 is 15.1 Å². The Labute approximate surface area is 173 Å². The third kappa shape index (κ3) is 4.46. The summed E-state index contributed by atoms with van der Waals surface area (Å²) in [5.74, 6) is -2.24. The van der Waals surface area contributed by atoms with Crippen LogP contribution >= 0.6 is 0 Å². The van der Waals surface area contributed by atoms with Crippen molar-refractivity contribution in [3.63, 3.8) is 0 Å². The zero-order chi connectivity index (χ0) is 21.8. The number of aromatic carboxylic acids is 1. The zero-order valence-electron chi connectivity index (χ0n) is 16.7. The Balaban J connectivity index is 1.88. The van der Waals surface area contributed by atoms with E-state index in [2.05, 4.69) is 4.98 Å². The van der Waals surface area contributed by atoms with Crippen molar-refractivity contribution in [2.24, 2.45) is 0 Å². The molecule has 1 unspecified atom stereocenters. The van der Waals surface area contributed by atoms with E-state index in [1.807, 2.05) is 30.3 Å². The molecule has 0 spiro atoms. The number of carboxylic acid groups (broad SMARTS) is 2. The van der Waals surface area contributed by atoms with Gasteiger partial charge in [-0.1, -0.05) is 31.2 Å². The van der Waals surface area contributed by atoms with Crippen molar-refractivity contribution in [1.29, 1.82) is 0 Å². The minimum absolute atomic E-state index is 0.203. The first-order chi connectivity index (χ1) is 14.3. The van der Waals surface area contributed by atoms with Gasteiger partial charge in [0.05, 0.1) is 16.8 Å². The van der Waals surface area contributed by atoms with Crippen LogP contribution in [0.5, 0.6) is 0 Å². The Morgan fingerprint density at radius 2 is 1.70 bits per heavy atom. The quantitative estimate of drug-likeness (QED) is 0.618.